The van der Waals surface area contributed by atoms with Crippen LogP contribution in [0.15, 0.2) is 0 Å². The molecule has 0 aromatic heterocycles. The first kappa shape index (κ1) is 14.3. The van der Waals surface area contributed by atoms with Crippen LogP contribution >= 0.6 is 0 Å². The lowest BCUT2D eigenvalue weighted by atomic mass is 9.81. The van der Waals surface area contributed by atoms with Gasteiger partial charge < -0.3 is 5.32 Å². The SMILES string of the molecule is CCC(C)C(C)N1CCCNC2(CCCCC2)C1. The molecule has 1 saturated heterocycles. The molecule has 0 amide bonds. The van der Waals surface area contributed by atoms with E-state index < -0.39 is 0 Å². The smallest absolute Gasteiger partial charge is 0.0308 e. The van der Waals surface area contributed by atoms with Crippen molar-refractivity contribution in [2.75, 3.05) is 19.6 Å². The van der Waals surface area contributed by atoms with E-state index in [1.54, 1.807) is 0 Å². The van der Waals surface area contributed by atoms with E-state index in [1.807, 2.05) is 0 Å². The molecule has 1 heterocycles. The highest BCUT2D eigenvalue weighted by Gasteiger charge is 2.36. The summed E-state index contributed by atoms with van der Waals surface area (Å²) in [5, 5.41) is 3.90. The summed E-state index contributed by atoms with van der Waals surface area (Å²) < 4.78 is 0. The molecule has 0 aromatic carbocycles. The number of rotatable bonds is 3. The summed E-state index contributed by atoms with van der Waals surface area (Å²) in [5.74, 6) is 0.823. The van der Waals surface area contributed by atoms with E-state index in [0.717, 1.165) is 12.0 Å². The maximum atomic E-state index is 3.90. The van der Waals surface area contributed by atoms with Gasteiger partial charge in [0.25, 0.3) is 0 Å². The third-order valence-electron chi connectivity index (χ3n) is 5.48. The lowest BCUT2D eigenvalue weighted by molar-refractivity contribution is 0.108. The van der Waals surface area contributed by atoms with Gasteiger partial charge in [0, 0.05) is 18.1 Å². The Morgan fingerprint density at radius 2 is 1.83 bits per heavy atom. The fourth-order valence-electron chi connectivity index (χ4n) is 3.77. The molecule has 2 rings (SSSR count). The lowest BCUT2D eigenvalue weighted by Gasteiger charge is -2.42. The third kappa shape index (κ3) is 3.27. The van der Waals surface area contributed by atoms with Gasteiger partial charge in [-0.2, -0.15) is 0 Å². The highest BCUT2D eigenvalue weighted by atomic mass is 15.2. The van der Waals surface area contributed by atoms with Crippen molar-refractivity contribution in [3.63, 3.8) is 0 Å². The van der Waals surface area contributed by atoms with Gasteiger partial charge in [0.1, 0.15) is 0 Å². The van der Waals surface area contributed by atoms with Crippen LogP contribution in [0.1, 0.15) is 65.7 Å². The van der Waals surface area contributed by atoms with Crippen LogP contribution in [0, 0.1) is 5.92 Å². The van der Waals surface area contributed by atoms with Crippen LogP contribution in [0.5, 0.6) is 0 Å². The van der Waals surface area contributed by atoms with E-state index in [-0.39, 0.29) is 0 Å². The summed E-state index contributed by atoms with van der Waals surface area (Å²) in [6.45, 7) is 11.0. The molecule has 1 aliphatic carbocycles. The summed E-state index contributed by atoms with van der Waals surface area (Å²) in [6, 6.07) is 0.744. The van der Waals surface area contributed by atoms with Crippen LogP contribution in [-0.2, 0) is 0 Å². The second-order valence-corrected chi connectivity index (χ2v) is 6.72. The molecule has 106 valence electrons. The van der Waals surface area contributed by atoms with Gasteiger partial charge in [0.15, 0.2) is 0 Å². The molecule has 0 aromatic rings. The molecule has 2 atom stereocenters. The van der Waals surface area contributed by atoms with Crippen LogP contribution < -0.4 is 5.32 Å². The average Bonchev–Trinajstić information content (AvgIpc) is 2.61. The molecule has 1 spiro atoms. The maximum absolute atomic E-state index is 3.90. The maximum Gasteiger partial charge on any atom is 0.0308 e. The van der Waals surface area contributed by atoms with Gasteiger partial charge >= 0.3 is 0 Å². The minimum Gasteiger partial charge on any atom is -0.310 e. The van der Waals surface area contributed by atoms with Crippen LogP contribution in [0.2, 0.25) is 0 Å². The molecule has 2 unspecified atom stereocenters. The minimum absolute atomic E-state index is 0.455. The molecule has 1 aliphatic heterocycles. The largest absolute Gasteiger partial charge is 0.310 e. The molecule has 0 bridgehead atoms. The molecule has 1 N–H and O–H groups in total. The van der Waals surface area contributed by atoms with Crippen molar-refractivity contribution in [2.24, 2.45) is 5.92 Å². The lowest BCUT2D eigenvalue weighted by Crippen LogP contribution is -2.54. The Morgan fingerprint density at radius 3 is 2.50 bits per heavy atom. The van der Waals surface area contributed by atoms with Gasteiger partial charge in [-0.3, -0.25) is 4.90 Å². The number of hydrogen-bond donors (Lipinski definition) is 1. The predicted octanol–water partition coefficient (Wildman–Crippen LogP) is 3.42. The van der Waals surface area contributed by atoms with Gasteiger partial charge in [-0.15, -0.1) is 0 Å². The minimum atomic E-state index is 0.455. The van der Waals surface area contributed by atoms with Crippen molar-refractivity contribution in [1.29, 1.82) is 0 Å². The third-order valence-corrected chi connectivity index (χ3v) is 5.48. The zero-order chi connectivity index (χ0) is 13.0. The van der Waals surface area contributed by atoms with Gasteiger partial charge in [0.2, 0.25) is 0 Å². The first-order valence-corrected chi connectivity index (χ1v) is 8.16. The normalized spacial score (nSPS) is 28.8. The number of hydrogen-bond acceptors (Lipinski definition) is 2. The second-order valence-electron chi connectivity index (χ2n) is 6.72. The van der Waals surface area contributed by atoms with E-state index >= 15 is 0 Å². The topological polar surface area (TPSA) is 15.3 Å². The Balaban J connectivity index is 2.02. The van der Waals surface area contributed by atoms with Crippen molar-refractivity contribution in [2.45, 2.75) is 77.3 Å². The van der Waals surface area contributed by atoms with E-state index in [4.69, 9.17) is 0 Å². The summed E-state index contributed by atoms with van der Waals surface area (Å²) in [6.07, 6.45) is 9.73. The van der Waals surface area contributed by atoms with Crippen LogP contribution in [0.4, 0.5) is 0 Å². The van der Waals surface area contributed by atoms with Crippen molar-refractivity contribution in [3.8, 4) is 0 Å². The average molecular weight is 252 g/mol. The van der Waals surface area contributed by atoms with Gasteiger partial charge in [-0.25, -0.2) is 0 Å². The fourth-order valence-corrected chi connectivity index (χ4v) is 3.77. The molecule has 2 fully saturated rings. The summed E-state index contributed by atoms with van der Waals surface area (Å²) in [5.41, 5.74) is 0.455. The van der Waals surface area contributed by atoms with Crippen LogP contribution in [-0.4, -0.2) is 36.1 Å². The first-order chi connectivity index (χ1) is 8.67. The van der Waals surface area contributed by atoms with Crippen molar-refractivity contribution >= 4 is 0 Å². The molecular weight excluding hydrogens is 220 g/mol. The van der Waals surface area contributed by atoms with E-state index in [0.29, 0.717) is 5.54 Å². The van der Waals surface area contributed by atoms with E-state index in [9.17, 15) is 0 Å². The molecule has 2 heteroatoms. The fraction of sp³-hybridized carbons (Fsp3) is 1.00. The van der Waals surface area contributed by atoms with Crippen LogP contribution in [0.25, 0.3) is 0 Å². The van der Waals surface area contributed by atoms with Crippen molar-refractivity contribution in [1.82, 2.24) is 10.2 Å². The Morgan fingerprint density at radius 1 is 1.11 bits per heavy atom. The second kappa shape index (κ2) is 6.38. The van der Waals surface area contributed by atoms with Gasteiger partial charge in [-0.05, 0) is 45.2 Å². The summed E-state index contributed by atoms with van der Waals surface area (Å²) in [7, 11) is 0. The first-order valence-electron chi connectivity index (χ1n) is 8.16. The molecule has 2 aliphatic rings. The zero-order valence-electron chi connectivity index (χ0n) is 12.7. The molecule has 2 nitrogen and oxygen atoms in total. The number of nitrogens with one attached hydrogen (secondary N) is 1. The molecule has 18 heavy (non-hydrogen) atoms. The Labute approximate surface area is 114 Å². The van der Waals surface area contributed by atoms with Crippen LogP contribution in [0.3, 0.4) is 0 Å². The standard InChI is InChI=1S/C16H32N2/c1-4-14(2)15(3)18-12-8-11-17-16(13-18)9-6-5-7-10-16/h14-15,17H,4-13H2,1-3H3. The molecule has 1 saturated carbocycles. The molecule has 0 radical (unpaired) electrons. The van der Waals surface area contributed by atoms with Crippen molar-refractivity contribution in [3.05, 3.63) is 0 Å². The molecular formula is C16H32N2. The zero-order valence-corrected chi connectivity index (χ0v) is 12.7. The Bertz CT molecular complexity index is 245. The highest BCUT2D eigenvalue weighted by molar-refractivity contribution is 4.96. The quantitative estimate of drug-likeness (QED) is 0.828. The van der Waals surface area contributed by atoms with Crippen molar-refractivity contribution < 1.29 is 0 Å². The highest BCUT2D eigenvalue weighted by Crippen LogP contribution is 2.31. The van der Waals surface area contributed by atoms with Gasteiger partial charge in [-0.1, -0.05) is 39.5 Å². The Kier molecular flexibility index (Phi) is 5.08. The van der Waals surface area contributed by atoms with Gasteiger partial charge in [0.05, 0.1) is 0 Å². The van der Waals surface area contributed by atoms with E-state index in [1.165, 1.54) is 64.6 Å². The monoisotopic (exact) mass is 252 g/mol. The van der Waals surface area contributed by atoms with E-state index in [2.05, 4.69) is 31.0 Å². The number of nitrogens with zero attached hydrogens (tertiary/aromatic N) is 1. The predicted molar refractivity (Wildman–Crippen MR) is 78.9 cm³/mol. The summed E-state index contributed by atoms with van der Waals surface area (Å²) >= 11 is 0. The Hall–Kier alpha value is -0.0800. The summed E-state index contributed by atoms with van der Waals surface area (Å²) in [4.78, 5) is 2.78.